The minimum absolute atomic E-state index is 0.508. The van der Waals surface area contributed by atoms with Crippen molar-refractivity contribution in [1.82, 2.24) is 10.3 Å². The Labute approximate surface area is 127 Å². The molecule has 2 atom stereocenters. The van der Waals surface area contributed by atoms with Crippen LogP contribution >= 0.6 is 11.3 Å². The number of aromatic nitrogens is 1. The maximum absolute atomic E-state index is 4.96. The quantitative estimate of drug-likeness (QED) is 0.804. The molecule has 1 saturated heterocycles. The van der Waals surface area contributed by atoms with Crippen molar-refractivity contribution < 1.29 is 0 Å². The van der Waals surface area contributed by atoms with Crippen LogP contribution in [-0.2, 0) is 6.54 Å². The highest BCUT2D eigenvalue weighted by Gasteiger charge is 2.29. The molecule has 1 aromatic heterocycles. The third-order valence-electron chi connectivity index (χ3n) is 4.01. The second kappa shape index (κ2) is 6.90. The van der Waals surface area contributed by atoms with Crippen molar-refractivity contribution in [3.8, 4) is 0 Å². The number of hydrogen-bond donors (Lipinski definition) is 1. The topological polar surface area (TPSA) is 28.2 Å². The molecular weight excluding hydrogens is 266 g/mol. The Hall–Kier alpha value is -0.610. The summed E-state index contributed by atoms with van der Waals surface area (Å²) in [6.07, 6.45) is 2.48. The fourth-order valence-corrected chi connectivity index (χ4v) is 4.29. The molecule has 1 aliphatic heterocycles. The largest absolute Gasteiger partial charge is 0.345 e. The van der Waals surface area contributed by atoms with Crippen LogP contribution in [0.4, 0.5) is 5.13 Å². The average Bonchev–Trinajstić information content (AvgIpc) is 2.93. The van der Waals surface area contributed by atoms with E-state index in [9.17, 15) is 0 Å². The van der Waals surface area contributed by atoms with Crippen molar-refractivity contribution in [3.63, 3.8) is 0 Å². The Morgan fingerprint density at radius 2 is 2.15 bits per heavy atom. The molecule has 1 fully saturated rings. The fourth-order valence-electron chi connectivity index (χ4n) is 3.00. The summed E-state index contributed by atoms with van der Waals surface area (Å²) in [4.78, 5) is 8.89. The van der Waals surface area contributed by atoms with Crippen molar-refractivity contribution >= 4 is 16.5 Å². The van der Waals surface area contributed by atoms with E-state index in [-0.39, 0.29) is 0 Å². The summed E-state index contributed by atoms with van der Waals surface area (Å²) < 4.78 is 0. The molecule has 0 saturated carbocycles. The van der Waals surface area contributed by atoms with Gasteiger partial charge in [-0.05, 0) is 38.1 Å². The Morgan fingerprint density at radius 3 is 2.70 bits per heavy atom. The number of thiazole rings is 1. The summed E-state index contributed by atoms with van der Waals surface area (Å²) in [7, 11) is 0. The van der Waals surface area contributed by atoms with Gasteiger partial charge in [-0.2, -0.15) is 0 Å². The summed E-state index contributed by atoms with van der Waals surface area (Å²) in [5, 5.41) is 4.76. The van der Waals surface area contributed by atoms with Gasteiger partial charge in [-0.15, -0.1) is 11.3 Å². The lowest BCUT2D eigenvalue weighted by Crippen LogP contribution is -2.26. The Bertz CT molecular complexity index is 427. The monoisotopic (exact) mass is 295 g/mol. The van der Waals surface area contributed by atoms with Gasteiger partial charge in [0.2, 0.25) is 0 Å². The lowest BCUT2D eigenvalue weighted by atomic mass is 10.1. The van der Waals surface area contributed by atoms with Gasteiger partial charge in [-0.1, -0.05) is 27.7 Å². The highest BCUT2D eigenvalue weighted by Crippen LogP contribution is 2.35. The van der Waals surface area contributed by atoms with Crippen LogP contribution in [-0.4, -0.2) is 24.1 Å². The highest BCUT2D eigenvalue weighted by molar-refractivity contribution is 7.15. The lowest BCUT2D eigenvalue weighted by Gasteiger charge is -2.20. The first-order valence-corrected chi connectivity index (χ1v) is 8.81. The van der Waals surface area contributed by atoms with Gasteiger partial charge in [0.25, 0.3) is 0 Å². The van der Waals surface area contributed by atoms with Gasteiger partial charge in [-0.3, -0.25) is 0 Å². The van der Waals surface area contributed by atoms with Crippen molar-refractivity contribution in [2.45, 2.75) is 66.0 Å². The first-order chi connectivity index (χ1) is 9.52. The molecule has 1 aromatic rings. The van der Waals surface area contributed by atoms with E-state index in [0.29, 0.717) is 12.0 Å². The summed E-state index contributed by atoms with van der Waals surface area (Å²) in [5.74, 6) is 1.30. The number of nitrogens with zero attached hydrogens (tertiary/aromatic N) is 2. The van der Waals surface area contributed by atoms with Crippen molar-refractivity contribution in [1.29, 1.82) is 0 Å². The van der Waals surface area contributed by atoms with Gasteiger partial charge in [0.15, 0.2) is 5.13 Å². The zero-order valence-electron chi connectivity index (χ0n) is 13.6. The molecule has 0 bridgehead atoms. The maximum atomic E-state index is 4.96. The Morgan fingerprint density at radius 1 is 1.40 bits per heavy atom. The van der Waals surface area contributed by atoms with Crippen LogP contribution in [0.2, 0.25) is 0 Å². The van der Waals surface area contributed by atoms with Crippen molar-refractivity contribution in [2.75, 3.05) is 18.0 Å². The Balaban J connectivity index is 2.16. The van der Waals surface area contributed by atoms with Crippen LogP contribution in [0, 0.1) is 5.92 Å². The van der Waals surface area contributed by atoms with Crippen LogP contribution in [0.15, 0.2) is 0 Å². The molecule has 20 heavy (non-hydrogen) atoms. The molecule has 0 radical (unpaired) electrons. The van der Waals surface area contributed by atoms with E-state index in [1.807, 2.05) is 11.3 Å². The van der Waals surface area contributed by atoms with Crippen LogP contribution in [0.25, 0.3) is 0 Å². The average molecular weight is 295 g/mol. The Kier molecular flexibility index (Phi) is 5.44. The zero-order chi connectivity index (χ0) is 14.7. The van der Waals surface area contributed by atoms with Gasteiger partial charge in [0, 0.05) is 24.0 Å². The van der Waals surface area contributed by atoms with E-state index < -0.39 is 0 Å². The molecule has 0 spiro atoms. The van der Waals surface area contributed by atoms with Crippen LogP contribution in [0.3, 0.4) is 0 Å². The molecule has 0 aliphatic carbocycles. The SMILES string of the molecule is CCCNCc1sc(N2CC(C)CC2C)nc1C(C)C. The zero-order valence-corrected chi connectivity index (χ0v) is 14.4. The molecule has 0 aromatic carbocycles. The molecule has 2 rings (SSSR count). The van der Waals surface area contributed by atoms with Crippen LogP contribution in [0.5, 0.6) is 0 Å². The molecule has 2 heterocycles. The van der Waals surface area contributed by atoms with Gasteiger partial charge in [-0.25, -0.2) is 4.98 Å². The second-order valence-corrected chi connectivity index (χ2v) is 7.54. The second-order valence-electron chi connectivity index (χ2n) is 6.48. The molecule has 3 nitrogen and oxygen atoms in total. The third kappa shape index (κ3) is 3.53. The number of hydrogen-bond acceptors (Lipinski definition) is 4. The van der Waals surface area contributed by atoms with E-state index >= 15 is 0 Å². The number of nitrogens with one attached hydrogen (secondary N) is 1. The van der Waals surface area contributed by atoms with E-state index in [1.165, 1.54) is 28.5 Å². The van der Waals surface area contributed by atoms with Gasteiger partial charge in [0.1, 0.15) is 0 Å². The molecule has 1 N–H and O–H groups in total. The standard InChI is InChI=1S/C16H29N3S/c1-6-7-17-9-14-15(11(2)3)18-16(20-14)19-10-12(4)8-13(19)5/h11-13,17H,6-10H2,1-5H3. The van der Waals surface area contributed by atoms with E-state index in [0.717, 1.165) is 25.6 Å². The molecule has 2 unspecified atom stereocenters. The van der Waals surface area contributed by atoms with E-state index in [4.69, 9.17) is 4.98 Å². The van der Waals surface area contributed by atoms with Crippen LogP contribution < -0.4 is 10.2 Å². The first-order valence-electron chi connectivity index (χ1n) is 7.99. The van der Waals surface area contributed by atoms with Gasteiger partial charge < -0.3 is 10.2 Å². The maximum Gasteiger partial charge on any atom is 0.186 e. The van der Waals surface area contributed by atoms with Crippen molar-refractivity contribution in [3.05, 3.63) is 10.6 Å². The predicted molar refractivity (Wildman–Crippen MR) is 88.8 cm³/mol. The lowest BCUT2D eigenvalue weighted by molar-refractivity contribution is 0.625. The minimum atomic E-state index is 0.508. The van der Waals surface area contributed by atoms with Crippen LogP contribution in [0.1, 0.15) is 63.9 Å². The summed E-state index contributed by atoms with van der Waals surface area (Å²) in [6.45, 7) is 14.6. The molecule has 114 valence electrons. The normalized spacial score (nSPS) is 23.0. The molecular formula is C16H29N3S. The van der Waals surface area contributed by atoms with E-state index in [1.54, 1.807) is 0 Å². The van der Waals surface area contributed by atoms with Gasteiger partial charge >= 0.3 is 0 Å². The third-order valence-corrected chi connectivity index (χ3v) is 5.11. The molecule has 1 aliphatic rings. The van der Waals surface area contributed by atoms with Gasteiger partial charge in [0.05, 0.1) is 5.69 Å². The predicted octanol–water partition coefficient (Wildman–Crippen LogP) is 4.00. The van der Waals surface area contributed by atoms with E-state index in [2.05, 4.69) is 44.8 Å². The van der Waals surface area contributed by atoms with Crippen molar-refractivity contribution in [2.24, 2.45) is 5.92 Å². The molecule has 0 amide bonds. The highest BCUT2D eigenvalue weighted by atomic mass is 32.1. The summed E-state index contributed by atoms with van der Waals surface area (Å²) in [6, 6.07) is 0.632. The summed E-state index contributed by atoms with van der Waals surface area (Å²) >= 11 is 1.89. The first kappa shape index (κ1) is 15.8. The number of anilines is 1. The smallest absolute Gasteiger partial charge is 0.186 e. The molecule has 4 heteroatoms. The number of rotatable bonds is 6. The fraction of sp³-hybridized carbons (Fsp3) is 0.812. The minimum Gasteiger partial charge on any atom is -0.345 e. The summed E-state index contributed by atoms with van der Waals surface area (Å²) in [5.41, 5.74) is 1.29.